The molecule has 0 aromatic heterocycles. The minimum absolute atomic E-state index is 0.0359. The second-order valence-electron chi connectivity index (χ2n) is 10.6. The Morgan fingerprint density at radius 1 is 0.865 bits per heavy atom. The molecule has 3 rings (SSSR count). The van der Waals surface area contributed by atoms with Crippen LogP contribution in [0.2, 0.25) is 0 Å². The highest BCUT2D eigenvalue weighted by Crippen LogP contribution is 2.28. The Hall–Kier alpha value is -2.12. The number of hydrogen-bond acceptors (Lipinski definition) is 5. The maximum atomic E-state index is 13.2. The molecule has 2 amide bonds. The summed E-state index contributed by atoms with van der Waals surface area (Å²) in [5.74, 6) is -0.0207. The molecule has 7 heteroatoms. The fourth-order valence-corrected chi connectivity index (χ4v) is 5.27. The standard InChI is InChI=1S/C30H50N4O3/c1-2-3-4-5-6-7-8-9-10-14-29(35)32-26-15-16-28(34-19-11-12-20-34)27(25-26)30(36)31-17-13-18-33-21-23-37-24-22-33/h15-16,25H,2-14,17-24H2,1H3,(H,31,36)(H,32,35). The highest BCUT2D eigenvalue weighted by atomic mass is 16.5. The molecule has 0 spiro atoms. The van der Waals surface area contributed by atoms with E-state index in [-0.39, 0.29) is 11.8 Å². The Bertz CT molecular complexity index is 804. The molecular formula is C30H50N4O3. The van der Waals surface area contributed by atoms with Crippen LogP contribution >= 0.6 is 0 Å². The summed E-state index contributed by atoms with van der Waals surface area (Å²) in [7, 11) is 0. The van der Waals surface area contributed by atoms with Crippen LogP contribution in [0.25, 0.3) is 0 Å². The molecular weight excluding hydrogens is 464 g/mol. The Morgan fingerprint density at radius 2 is 1.54 bits per heavy atom. The smallest absolute Gasteiger partial charge is 0.253 e. The summed E-state index contributed by atoms with van der Waals surface area (Å²) in [6.07, 6.45) is 14.9. The van der Waals surface area contributed by atoms with E-state index in [2.05, 4.69) is 27.4 Å². The number of hydrogen-bond donors (Lipinski definition) is 2. The maximum Gasteiger partial charge on any atom is 0.253 e. The van der Waals surface area contributed by atoms with Gasteiger partial charge in [-0.05, 0) is 50.4 Å². The predicted octanol–water partition coefficient (Wildman–Crippen LogP) is 5.60. The van der Waals surface area contributed by atoms with Crippen molar-refractivity contribution in [3.05, 3.63) is 23.8 Å². The number of benzene rings is 1. The van der Waals surface area contributed by atoms with Crippen molar-refractivity contribution in [1.29, 1.82) is 0 Å². The van der Waals surface area contributed by atoms with Crippen LogP contribution in [0, 0.1) is 0 Å². The molecule has 0 atom stereocenters. The van der Waals surface area contributed by atoms with E-state index >= 15 is 0 Å². The summed E-state index contributed by atoms with van der Waals surface area (Å²) in [6.45, 7) is 9.33. The van der Waals surface area contributed by atoms with E-state index in [4.69, 9.17) is 4.74 Å². The van der Waals surface area contributed by atoms with Gasteiger partial charge in [0.1, 0.15) is 0 Å². The van der Waals surface area contributed by atoms with E-state index in [9.17, 15) is 9.59 Å². The lowest BCUT2D eigenvalue weighted by molar-refractivity contribution is -0.116. The second kappa shape index (κ2) is 17.4. The maximum absolute atomic E-state index is 13.2. The van der Waals surface area contributed by atoms with Gasteiger partial charge in [-0.1, -0.05) is 58.3 Å². The topological polar surface area (TPSA) is 73.9 Å². The Morgan fingerprint density at radius 3 is 2.24 bits per heavy atom. The molecule has 1 aromatic rings. The number of nitrogens with one attached hydrogen (secondary N) is 2. The molecule has 0 aliphatic carbocycles. The van der Waals surface area contributed by atoms with Crippen molar-refractivity contribution in [2.24, 2.45) is 0 Å². The van der Waals surface area contributed by atoms with Gasteiger partial charge in [0.25, 0.3) is 5.91 Å². The molecule has 2 fully saturated rings. The number of amides is 2. The summed E-state index contributed by atoms with van der Waals surface area (Å²) in [5.41, 5.74) is 2.34. The molecule has 2 saturated heterocycles. The first-order valence-corrected chi connectivity index (χ1v) is 14.9. The summed E-state index contributed by atoms with van der Waals surface area (Å²) < 4.78 is 5.41. The molecule has 37 heavy (non-hydrogen) atoms. The normalized spacial score (nSPS) is 16.2. The van der Waals surface area contributed by atoms with Crippen molar-refractivity contribution in [3.8, 4) is 0 Å². The van der Waals surface area contributed by atoms with Crippen molar-refractivity contribution >= 4 is 23.2 Å². The van der Waals surface area contributed by atoms with Crippen LogP contribution in [0.4, 0.5) is 11.4 Å². The third-order valence-electron chi connectivity index (χ3n) is 7.52. The number of morpholine rings is 1. The first-order chi connectivity index (χ1) is 18.2. The molecule has 0 bridgehead atoms. The lowest BCUT2D eigenvalue weighted by Gasteiger charge is -2.26. The van der Waals surface area contributed by atoms with Gasteiger partial charge in [-0.25, -0.2) is 0 Å². The van der Waals surface area contributed by atoms with Gasteiger partial charge in [0.15, 0.2) is 0 Å². The summed E-state index contributed by atoms with van der Waals surface area (Å²) in [5, 5.41) is 6.15. The zero-order valence-corrected chi connectivity index (χ0v) is 23.2. The van der Waals surface area contributed by atoms with Crippen molar-refractivity contribution in [1.82, 2.24) is 10.2 Å². The third kappa shape index (κ3) is 11.0. The molecule has 0 saturated carbocycles. The zero-order valence-electron chi connectivity index (χ0n) is 23.2. The number of anilines is 2. The van der Waals surface area contributed by atoms with Crippen LogP contribution in [0.15, 0.2) is 18.2 Å². The lowest BCUT2D eigenvalue weighted by atomic mass is 10.1. The van der Waals surface area contributed by atoms with Gasteiger partial charge in [0, 0.05) is 50.5 Å². The van der Waals surface area contributed by atoms with Gasteiger partial charge < -0.3 is 20.3 Å². The lowest BCUT2D eigenvalue weighted by Crippen LogP contribution is -2.38. The number of unbranched alkanes of at least 4 members (excludes halogenated alkanes) is 8. The Balaban J connectivity index is 1.44. The molecule has 0 unspecified atom stereocenters. The van der Waals surface area contributed by atoms with Crippen LogP contribution in [0.5, 0.6) is 0 Å². The van der Waals surface area contributed by atoms with Crippen molar-refractivity contribution in [2.75, 3.05) is 62.7 Å². The molecule has 2 heterocycles. The van der Waals surface area contributed by atoms with Crippen LogP contribution in [-0.2, 0) is 9.53 Å². The quantitative estimate of drug-likeness (QED) is 0.265. The third-order valence-corrected chi connectivity index (χ3v) is 7.52. The minimum Gasteiger partial charge on any atom is -0.379 e. The van der Waals surface area contributed by atoms with E-state index in [1.807, 2.05) is 18.2 Å². The van der Waals surface area contributed by atoms with Crippen molar-refractivity contribution in [3.63, 3.8) is 0 Å². The van der Waals surface area contributed by atoms with Crippen molar-refractivity contribution in [2.45, 2.75) is 90.4 Å². The molecule has 208 valence electrons. The monoisotopic (exact) mass is 514 g/mol. The molecule has 2 N–H and O–H groups in total. The fraction of sp³-hybridized carbons (Fsp3) is 0.733. The summed E-state index contributed by atoms with van der Waals surface area (Å²) in [4.78, 5) is 30.4. The number of carbonyl (C=O) groups is 2. The van der Waals surface area contributed by atoms with Crippen molar-refractivity contribution < 1.29 is 14.3 Å². The van der Waals surface area contributed by atoms with E-state index in [1.165, 1.54) is 44.9 Å². The van der Waals surface area contributed by atoms with Gasteiger partial charge in [0.05, 0.1) is 18.8 Å². The van der Waals surface area contributed by atoms with Crippen LogP contribution in [0.3, 0.4) is 0 Å². The van der Waals surface area contributed by atoms with E-state index < -0.39 is 0 Å². The number of rotatable bonds is 17. The Labute approximate surface area is 224 Å². The first-order valence-electron chi connectivity index (χ1n) is 14.9. The van der Waals surface area contributed by atoms with Gasteiger partial charge in [-0.2, -0.15) is 0 Å². The van der Waals surface area contributed by atoms with E-state index in [1.54, 1.807) is 0 Å². The highest BCUT2D eigenvalue weighted by molar-refractivity contribution is 6.02. The number of carbonyl (C=O) groups excluding carboxylic acids is 2. The molecule has 0 radical (unpaired) electrons. The van der Waals surface area contributed by atoms with E-state index in [0.29, 0.717) is 24.2 Å². The van der Waals surface area contributed by atoms with Gasteiger partial charge in [0.2, 0.25) is 5.91 Å². The van der Waals surface area contributed by atoms with Gasteiger partial charge in [-0.3, -0.25) is 14.5 Å². The average molecular weight is 515 g/mol. The summed E-state index contributed by atoms with van der Waals surface area (Å²) >= 11 is 0. The van der Waals surface area contributed by atoms with Gasteiger partial charge >= 0.3 is 0 Å². The minimum atomic E-state index is -0.0566. The van der Waals surface area contributed by atoms with Crippen LogP contribution in [-0.4, -0.2) is 69.2 Å². The number of nitrogens with zero attached hydrogens (tertiary/aromatic N) is 2. The van der Waals surface area contributed by atoms with E-state index in [0.717, 1.165) is 83.7 Å². The Kier molecular flexibility index (Phi) is 13.8. The predicted molar refractivity (Wildman–Crippen MR) is 153 cm³/mol. The first kappa shape index (κ1) is 29.4. The average Bonchev–Trinajstić information content (AvgIpc) is 3.45. The summed E-state index contributed by atoms with van der Waals surface area (Å²) in [6, 6.07) is 5.80. The second-order valence-corrected chi connectivity index (χ2v) is 10.6. The molecule has 7 nitrogen and oxygen atoms in total. The number of ether oxygens (including phenoxy) is 1. The van der Waals surface area contributed by atoms with Gasteiger partial charge in [-0.15, -0.1) is 0 Å². The largest absolute Gasteiger partial charge is 0.379 e. The molecule has 1 aromatic carbocycles. The van der Waals surface area contributed by atoms with Crippen LogP contribution in [0.1, 0.15) is 101 Å². The molecule has 2 aliphatic rings. The fourth-order valence-electron chi connectivity index (χ4n) is 5.27. The molecule has 2 aliphatic heterocycles. The zero-order chi connectivity index (χ0) is 26.1. The highest BCUT2D eigenvalue weighted by Gasteiger charge is 2.20. The SMILES string of the molecule is CCCCCCCCCCCC(=O)Nc1ccc(N2CCCC2)c(C(=O)NCCCN2CCOCC2)c1. The van der Waals surface area contributed by atoms with Crippen LogP contribution < -0.4 is 15.5 Å².